The summed E-state index contributed by atoms with van der Waals surface area (Å²) in [6.45, 7) is 11.0. The van der Waals surface area contributed by atoms with Crippen molar-refractivity contribution in [3.63, 3.8) is 0 Å². The first-order chi connectivity index (χ1) is 11.4. The number of amides is 2. The number of hydrogen-bond acceptors (Lipinski definition) is 5. The largest absolute Gasteiger partial charge is 0.369 e. The first-order valence-electron chi connectivity index (χ1n) is 8.79. The molecule has 0 aromatic rings. The summed E-state index contributed by atoms with van der Waals surface area (Å²) in [6.07, 6.45) is 1.25. The summed E-state index contributed by atoms with van der Waals surface area (Å²) in [7, 11) is 0. The molecule has 0 heterocycles. The van der Waals surface area contributed by atoms with Crippen molar-refractivity contribution in [1.29, 1.82) is 0 Å². The molecule has 7 heteroatoms. The van der Waals surface area contributed by atoms with E-state index in [1.54, 1.807) is 13.8 Å². The van der Waals surface area contributed by atoms with Crippen LogP contribution in [0.5, 0.6) is 0 Å². The van der Waals surface area contributed by atoms with E-state index in [-0.39, 0.29) is 30.2 Å². The zero-order valence-electron chi connectivity index (χ0n) is 16.3. The summed E-state index contributed by atoms with van der Waals surface area (Å²) in [5, 5.41) is 5.49. The number of Topliss-reactive ketones (excluding diaryl/α,β-unsaturated/α-hetero) is 2. The van der Waals surface area contributed by atoms with Crippen LogP contribution in [0.1, 0.15) is 60.8 Å². The molecule has 4 N–H and O–H groups in total. The van der Waals surface area contributed by atoms with Gasteiger partial charge in [-0.1, -0.05) is 27.2 Å². The standard InChI is InChI=1S/C18H33N3O4/c1-7-8-14(21-18(4,5)6)15(23)17(25)20-10-12(22)9-13(11(2)3)16(19)24/h11,13-14,21H,7-10H2,1-6H3,(H2,19,24)(H,20,25). The van der Waals surface area contributed by atoms with Crippen molar-refractivity contribution >= 4 is 23.4 Å². The highest BCUT2D eigenvalue weighted by atomic mass is 16.2. The SMILES string of the molecule is CCCC(NC(C)(C)C)C(=O)C(=O)NCC(=O)CC(C(N)=O)C(C)C. The minimum Gasteiger partial charge on any atom is -0.369 e. The maximum Gasteiger partial charge on any atom is 0.289 e. The number of hydrogen-bond donors (Lipinski definition) is 3. The van der Waals surface area contributed by atoms with E-state index < -0.39 is 29.6 Å². The van der Waals surface area contributed by atoms with E-state index in [9.17, 15) is 19.2 Å². The second-order valence-corrected chi connectivity index (χ2v) is 7.78. The van der Waals surface area contributed by atoms with Gasteiger partial charge >= 0.3 is 0 Å². The highest BCUT2D eigenvalue weighted by Crippen LogP contribution is 2.14. The molecule has 0 aliphatic carbocycles. The molecule has 0 rings (SSSR count). The van der Waals surface area contributed by atoms with Crippen molar-refractivity contribution in [2.24, 2.45) is 17.6 Å². The molecule has 0 aliphatic rings. The molecule has 25 heavy (non-hydrogen) atoms. The predicted octanol–water partition coefficient (Wildman–Crippen LogP) is 0.945. The van der Waals surface area contributed by atoms with Crippen molar-refractivity contribution in [2.45, 2.75) is 72.4 Å². The van der Waals surface area contributed by atoms with Gasteiger partial charge in [0.2, 0.25) is 11.7 Å². The molecule has 7 nitrogen and oxygen atoms in total. The van der Waals surface area contributed by atoms with Gasteiger partial charge in [0.25, 0.3) is 5.91 Å². The molecular weight excluding hydrogens is 322 g/mol. The van der Waals surface area contributed by atoms with Crippen LogP contribution in [0.2, 0.25) is 0 Å². The van der Waals surface area contributed by atoms with E-state index in [1.165, 1.54) is 0 Å². The minimum atomic E-state index is -0.788. The Labute approximate surface area is 150 Å². The topological polar surface area (TPSA) is 118 Å². The summed E-state index contributed by atoms with van der Waals surface area (Å²) in [5.41, 5.74) is 4.97. The van der Waals surface area contributed by atoms with Gasteiger partial charge in [0.15, 0.2) is 5.78 Å². The number of carbonyl (C=O) groups excluding carboxylic acids is 4. The number of rotatable bonds is 11. The Bertz CT molecular complexity index is 495. The lowest BCUT2D eigenvalue weighted by atomic mass is 9.90. The molecule has 0 radical (unpaired) electrons. The Morgan fingerprint density at radius 2 is 1.64 bits per heavy atom. The van der Waals surface area contributed by atoms with E-state index in [1.807, 2.05) is 27.7 Å². The molecule has 0 aromatic heterocycles. The molecule has 0 aliphatic heterocycles. The number of nitrogens with two attached hydrogens (primary N) is 1. The summed E-state index contributed by atoms with van der Waals surface area (Å²) >= 11 is 0. The van der Waals surface area contributed by atoms with Crippen LogP contribution < -0.4 is 16.4 Å². The number of carbonyl (C=O) groups is 4. The molecule has 144 valence electrons. The predicted molar refractivity (Wildman–Crippen MR) is 96.7 cm³/mol. The average molecular weight is 355 g/mol. The van der Waals surface area contributed by atoms with Crippen molar-refractivity contribution in [3.05, 3.63) is 0 Å². The molecule has 0 bridgehead atoms. The van der Waals surface area contributed by atoms with Crippen LogP contribution in [-0.2, 0) is 19.2 Å². The molecule has 2 amide bonds. The summed E-state index contributed by atoms with van der Waals surface area (Å²) in [5.74, 6) is -2.87. The van der Waals surface area contributed by atoms with Crippen molar-refractivity contribution in [2.75, 3.05) is 6.54 Å². The van der Waals surface area contributed by atoms with Crippen LogP contribution in [0.4, 0.5) is 0 Å². The quantitative estimate of drug-likeness (QED) is 0.477. The molecule has 0 aromatic carbocycles. The third-order valence-electron chi connectivity index (χ3n) is 3.79. The molecule has 2 unspecified atom stereocenters. The molecule has 0 saturated heterocycles. The van der Waals surface area contributed by atoms with Crippen LogP contribution in [0.3, 0.4) is 0 Å². The molecule has 2 atom stereocenters. The second kappa shape index (κ2) is 10.3. The smallest absolute Gasteiger partial charge is 0.289 e. The van der Waals surface area contributed by atoms with Gasteiger partial charge in [-0.25, -0.2) is 0 Å². The fraction of sp³-hybridized carbons (Fsp3) is 0.778. The molecular formula is C18H33N3O4. The number of ketones is 2. The van der Waals surface area contributed by atoms with Gasteiger partial charge < -0.3 is 16.4 Å². The van der Waals surface area contributed by atoms with Gasteiger partial charge in [-0.3, -0.25) is 19.2 Å². The number of nitrogens with one attached hydrogen (secondary N) is 2. The van der Waals surface area contributed by atoms with Crippen molar-refractivity contribution in [1.82, 2.24) is 10.6 Å². The average Bonchev–Trinajstić information content (AvgIpc) is 2.47. The third-order valence-corrected chi connectivity index (χ3v) is 3.79. The van der Waals surface area contributed by atoms with Crippen LogP contribution in [0.15, 0.2) is 0 Å². The normalized spacial score (nSPS) is 14.0. The maximum absolute atomic E-state index is 12.3. The van der Waals surface area contributed by atoms with Gasteiger partial charge in [0, 0.05) is 17.9 Å². The van der Waals surface area contributed by atoms with Crippen LogP contribution in [0, 0.1) is 11.8 Å². The zero-order chi connectivity index (χ0) is 19.8. The monoisotopic (exact) mass is 355 g/mol. The highest BCUT2D eigenvalue weighted by Gasteiger charge is 2.29. The first-order valence-corrected chi connectivity index (χ1v) is 8.79. The number of primary amides is 1. The van der Waals surface area contributed by atoms with E-state index >= 15 is 0 Å². The van der Waals surface area contributed by atoms with E-state index in [4.69, 9.17) is 5.73 Å². The fourth-order valence-electron chi connectivity index (χ4n) is 2.49. The summed E-state index contributed by atoms with van der Waals surface area (Å²) in [6, 6.07) is -0.589. The van der Waals surface area contributed by atoms with E-state index in [0.717, 1.165) is 6.42 Å². The fourth-order valence-corrected chi connectivity index (χ4v) is 2.49. The molecule has 0 spiro atoms. The lowest BCUT2D eigenvalue weighted by molar-refractivity contribution is -0.140. The van der Waals surface area contributed by atoms with Crippen molar-refractivity contribution < 1.29 is 19.2 Å². The zero-order valence-corrected chi connectivity index (χ0v) is 16.3. The Hall–Kier alpha value is -1.76. The Kier molecular flexibility index (Phi) is 9.56. The summed E-state index contributed by atoms with van der Waals surface area (Å²) in [4.78, 5) is 47.7. The first kappa shape index (κ1) is 23.2. The highest BCUT2D eigenvalue weighted by molar-refractivity contribution is 6.38. The lowest BCUT2D eigenvalue weighted by Crippen LogP contribution is -2.52. The second-order valence-electron chi connectivity index (χ2n) is 7.78. The van der Waals surface area contributed by atoms with Crippen LogP contribution in [0.25, 0.3) is 0 Å². The third kappa shape index (κ3) is 9.34. The van der Waals surface area contributed by atoms with Crippen LogP contribution in [-0.4, -0.2) is 41.5 Å². The Morgan fingerprint density at radius 1 is 1.08 bits per heavy atom. The van der Waals surface area contributed by atoms with Gasteiger partial charge in [-0.05, 0) is 33.1 Å². The Balaban J connectivity index is 4.67. The van der Waals surface area contributed by atoms with Gasteiger partial charge in [0.1, 0.15) is 0 Å². The van der Waals surface area contributed by atoms with E-state index in [2.05, 4.69) is 10.6 Å². The van der Waals surface area contributed by atoms with E-state index in [0.29, 0.717) is 6.42 Å². The lowest BCUT2D eigenvalue weighted by Gasteiger charge is -2.27. The van der Waals surface area contributed by atoms with Gasteiger partial charge in [-0.2, -0.15) is 0 Å². The van der Waals surface area contributed by atoms with Gasteiger partial charge in [-0.15, -0.1) is 0 Å². The molecule has 0 fully saturated rings. The molecule has 0 saturated carbocycles. The summed E-state index contributed by atoms with van der Waals surface area (Å²) < 4.78 is 0. The Morgan fingerprint density at radius 3 is 2.04 bits per heavy atom. The van der Waals surface area contributed by atoms with Crippen LogP contribution >= 0.6 is 0 Å². The maximum atomic E-state index is 12.3. The minimum absolute atomic E-state index is 0.0416. The van der Waals surface area contributed by atoms with Crippen molar-refractivity contribution in [3.8, 4) is 0 Å². The van der Waals surface area contributed by atoms with Gasteiger partial charge in [0.05, 0.1) is 12.6 Å².